The number of ether oxygens (including phenoxy) is 1. The van der Waals surface area contributed by atoms with E-state index in [1.54, 1.807) is 0 Å². The number of urea groups is 1. The molecule has 2 aliphatic carbocycles. The normalized spacial score (nSPS) is 25.2. The van der Waals surface area contributed by atoms with Crippen LogP contribution in [-0.2, 0) is 11.8 Å². The van der Waals surface area contributed by atoms with E-state index in [-0.39, 0.29) is 23.5 Å². The fraction of sp³-hybridized carbons (Fsp3) is 0.789. The number of hydrogen-bond acceptors (Lipinski definition) is 3. The van der Waals surface area contributed by atoms with Crippen molar-refractivity contribution in [1.29, 1.82) is 0 Å². The van der Waals surface area contributed by atoms with Gasteiger partial charge in [-0.3, -0.25) is 4.68 Å². The monoisotopic (exact) mass is 348 g/mol. The molecule has 0 radical (unpaired) electrons. The standard InChI is InChI=1S/C19H32N4O2/c1-6-14(17-12(3)22-23(5)13(17)4)20-18(24)21-15-11-16(25-7-2)19(15)9-8-10-19/h14-16H,6-11H2,1-5H3,(H2,20,21,24). The summed E-state index contributed by atoms with van der Waals surface area (Å²) < 4.78 is 7.75. The zero-order valence-electron chi connectivity index (χ0n) is 16.2. The first-order valence-electron chi connectivity index (χ1n) is 9.61. The molecule has 25 heavy (non-hydrogen) atoms. The van der Waals surface area contributed by atoms with Gasteiger partial charge in [0.05, 0.1) is 17.8 Å². The van der Waals surface area contributed by atoms with Crippen LogP contribution in [0.15, 0.2) is 0 Å². The molecular formula is C19H32N4O2. The number of amides is 2. The summed E-state index contributed by atoms with van der Waals surface area (Å²) in [6.45, 7) is 8.96. The number of aryl methyl sites for hydroxylation is 2. The molecule has 3 atom stereocenters. The Labute approximate surface area is 150 Å². The Kier molecular flexibility index (Phi) is 5.09. The van der Waals surface area contributed by atoms with E-state index in [1.165, 1.54) is 19.3 Å². The topological polar surface area (TPSA) is 68.2 Å². The van der Waals surface area contributed by atoms with Gasteiger partial charge < -0.3 is 15.4 Å². The van der Waals surface area contributed by atoms with Crippen molar-refractivity contribution in [2.75, 3.05) is 6.61 Å². The second-order valence-electron chi connectivity index (χ2n) is 7.61. The molecule has 2 N–H and O–H groups in total. The molecule has 1 aromatic rings. The Balaban J connectivity index is 1.62. The maximum atomic E-state index is 12.6. The van der Waals surface area contributed by atoms with Crippen molar-refractivity contribution in [3.05, 3.63) is 17.0 Å². The smallest absolute Gasteiger partial charge is 0.315 e. The van der Waals surface area contributed by atoms with Crippen LogP contribution in [0.4, 0.5) is 4.79 Å². The average Bonchev–Trinajstić information content (AvgIpc) is 2.75. The number of nitrogens with one attached hydrogen (secondary N) is 2. The van der Waals surface area contributed by atoms with Gasteiger partial charge in [0.2, 0.25) is 0 Å². The van der Waals surface area contributed by atoms with Crippen molar-refractivity contribution >= 4 is 6.03 Å². The lowest BCUT2D eigenvalue weighted by Gasteiger charge is -2.60. The lowest BCUT2D eigenvalue weighted by atomic mass is 9.51. The van der Waals surface area contributed by atoms with Crippen molar-refractivity contribution < 1.29 is 9.53 Å². The third kappa shape index (κ3) is 3.05. The summed E-state index contributed by atoms with van der Waals surface area (Å²) in [4.78, 5) is 12.6. The van der Waals surface area contributed by atoms with Gasteiger partial charge in [0.15, 0.2) is 0 Å². The van der Waals surface area contributed by atoms with Crippen LogP contribution in [0.25, 0.3) is 0 Å². The van der Waals surface area contributed by atoms with Gasteiger partial charge in [-0.2, -0.15) is 5.10 Å². The highest BCUT2D eigenvalue weighted by Crippen LogP contribution is 2.57. The van der Waals surface area contributed by atoms with Gasteiger partial charge in [0.1, 0.15) is 0 Å². The van der Waals surface area contributed by atoms with Gasteiger partial charge in [0, 0.05) is 36.4 Å². The van der Waals surface area contributed by atoms with E-state index in [0.717, 1.165) is 36.4 Å². The molecule has 1 heterocycles. The lowest BCUT2D eigenvalue weighted by Crippen LogP contribution is -2.68. The molecule has 2 saturated carbocycles. The zero-order valence-corrected chi connectivity index (χ0v) is 16.2. The SMILES string of the molecule is CCOC1CC(NC(=O)NC(CC)c2c(C)nn(C)c2C)C12CCC2. The molecule has 3 unspecified atom stereocenters. The predicted molar refractivity (Wildman–Crippen MR) is 97.5 cm³/mol. The van der Waals surface area contributed by atoms with Crippen LogP contribution in [0, 0.1) is 19.3 Å². The molecule has 0 saturated heterocycles. The highest BCUT2D eigenvalue weighted by Gasteiger charge is 2.59. The Morgan fingerprint density at radius 2 is 2.12 bits per heavy atom. The van der Waals surface area contributed by atoms with Crippen molar-refractivity contribution in [3.8, 4) is 0 Å². The highest BCUT2D eigenvalue weighted by atomic mass is 16.5. The van der Waals surface area contributed by atoms with E-state index >= 15 is 0 Å². The largest absolute Gasteiger partial charge is 0.378 e. The third-order valence-electron chi connectivity index (χ3n) is 6.37. The van der Waals surface area contributed by atoms with Crippen LogP contribution in [0.5, 0.6) is 0 Å². The maximum Gasteiger partial charge on any atom is 0.315 e. The van der Waals surface area contributed by atoms with Crippen LogP contribution >= 0.6 is 0 Å². The number of carbonyl (C=O) groups is 1. The summed E-state index contributed by atoms with van der Waals surface area (Å²) in [5.41, 5.74) is 3.43. The third-order valence-corrected chi connectivity index (χ3v) is 6.37. The number of hydrogen-bond donors (Lipinski definition) is 2. The van der Waals surface area contributed by atoms with E-state index in [2.05, 4.69) is 29.6 Å². The molecule has 2 amide bonds. The van der Waals surface area contributed by atoms with E-state index in [0.29, 0.717) is 6.10 Å². The molecule has 0 aromatic carbocycles. The first kappa shape index (κ1) is 18.2. The van der Waals surface area contributed by atoms with E-state index < -0.39 is 0 Å². The van der Waals surface area contributed by atoms with Crippen LogP contribution in [0.3, 0.4) is 0 Å². The average molecular weight is 348 g/mol. The molecule has 0 bridgehead atoms. The summed E-state index contributed by atoms with van der Waals surface area (Å²) in [5.74, 6) is 0. The zero-order chi connectivity index (χ0) is 18.2. The van der Waals surface area contributed by atoms with Gasteiger partial charge in [0.25, 0.3) is 0 Å². The number of carbonyl (C=O) groups excluding carboxylic acids is 1. The Morgan fingerprint density at radius 1 is 1.40 bits per heavy atom. The van der Waals surface area contributed by atoms with Gasteiger partial charge in [-0.15, -0.1) is 0 Å². The van der Waals surface area contributed by atoms with Crippen LogP contribution in [0.1, 0.15) is 68.9 Å². The Morgan fingerprint density at radius 3 is 2.60 bits per heavy atom. The quantitative estimate of drug-likeness (QED) is 0.830. The van der Waals surface area contributed by atoms with Crippen molar-refractivity contribution in [1.82, 2.24) is 20.4 Å². The van der Waals surface area contributed by atoms with E-state index in [4.69, 9.17) is 4.74 Å². The molecule has 2 aliphatic rings. The van der Waals surface area contributed by atoms with Gasteiger partial charge >= 0.3 is 6.03 Å². The van der Waals surface area contributed by atoms with Gasteiger partial charge in [-0.05, 0) is 46.5 Å². The minimum absolute atomic E-state index is 0.00574. The number of rotatable bonds is 6. The summed E-state index contributed by atoms with van der Waals surface area (Å²) in [5, 5.41) is 10.9. The molecule has 6 heteroatoms. The van der Waals surface area contributed by atoms with Crippen LogP contribution in [-0.4, -0.2) is 34.6 Å². The summed E-state index contributed by atoms with van der Waals surface area (Å²) in [7, 11) is 1.95. The summed E-state index contributed by atoms with van der Waals surface area (Å²) in [6.07, 6.45) is 5.68. The van der Waals surface area contributed by atoms with E-state index in [9.17, 15) is 4.79 Å². The Hall–Kier alpha value is -1.56. The fourth-order valence-electron chi connectivity index (χ4n) is 4.67. The lowest BCUT2D eigenvalue weighted by molar-refractivity contribution is -0.169. The van der Waals surface area contributed by atoms with Crippen molar-refractivity contribution in [2.24, 2.45) is 12.5 Å². The molecule has 0 aliphatic heterocycles. The second-order valence-corrected chi connectivity index (χ2v) is 7.61. The fourth-order valence-corrected chi connectivity index (χ4v) is 4.67. The van der Waals surface area contributed by atoms with Crippen LogP contribution in [0.2, 0.25) is 0 Å². The molecule has 3 rings (SSSR count). The first-order valence-corrected chi connectivity index (χ1v) is 9.61. The number of aromatic nitrogens is 2. The van der Waals surface area contributed by atoms with Gasteiger partial charge in [-0.25, -0.2) is 4.79 Å². The second kappa shape index (κ2) is 6.98. The Bertz CT molecular complexity index is 636. The van der Waals surface area contributed by atoms with Crippen LogP contribution < -0.4 is 10.6 Å². The number of nitrogens with zero attached hydrogens (tertiary/aromatic N) is 2. The molecule has 6 nitrogen and oxygen atoms in total. The van der Waals surface area contributed by atoms with Crippen molar-refractivity contribution in [3.63, 3.8) is 0 Å². The van der Waals surface area contributed by atoms with Crippen molar-refractivity contribution in [2.45, 2.75) is 78.0 Å². The predicted octanol–water partition coefficient (Wildman–Crippen LogP) is 3.13. The molecule has 2 fully saturated rings. The highest BCUT2D eigenvalue weighted by molar-refractivity contribution is 5.75. The maximum absolute atomic E-state index is 12.6. The molecule has 140 valence electrons. The summed E-state index contributed by atoms with van der Waals surface area (Å²) >= 11 is 0. The molecule has 1 aromatic heterocycles. The minimum Gasteiger partial charge on any atom is -0.378 e. The summed E-state index contributed by atoms with van der Waals surface area (Å²) in [6, 6.07) is 0.168. The minimum atomic E-state index is -0.0688. The molecular weight excluding hydrogens is 316 g/mol. The van der Waals surface area contributed by atoms with E-state index in [1.807, 2.05) is 25.6 Å². The molecule has 1 spiro atoms. The first-order chi connectivity index (χ1) is 11.9. The van der Waals surface area contributed by atoms with Gasteiger partial charge in [-0.1, -0.05) is 13.3 Å².